The lowest BCUT2D eigenvalue weighted by Gasteiger charge is -2.55. The van der Waals surface area contributed by atoms with Crippen LogP contribution in [0.5, 0.6) is 40.2 Å². The van der Waals surface area contributed by atoms with Crippen LogP contribution in [0.2, 0.25) is 0 Å². The van der Waals surface area contributed by atoms with Crippen LogP contribution in [0.25, 0.3) is 28.4 Å². The zero-order valence-electron chi connectivity index (χ0n) is 25.9. The zero-order valence-corrected chi connectivity index (χ0v) is 25.9. The second kappa shape index (κ2) is 9.28. The molecule has 4 N–H and O–H groups in total. The molecule has 0 saturated heterocycles. The molecule has 1 aromatic heterocycles. The third-order valence-corrected chi connectivity index (χ3v) is 9.99. The number of aromatic hydroxyl groups is 4. The fraction of sp³-hybridized carbons (Fsp3) is 0.231. The van der Waals surface area contributed by atoms with Crippen LogP contribution in [0.15, 0.2) is 88.9 Å². The number of fused-ring (bicyclic) bond motifs is 6. The normalized spacial score (nSPS) is 24.5. The minimum absolute atomic E-state index is 0.0636. The lowest BCUT2D eigenvalue weighted by atomic mass is 9.61. The predicted octanol–water partition coefficient (Wildman–Crippen LogP) is 8.58. The fourth-order valence-corrected chi connectivity index (χ4v) is 8.01. The first-order valence-electron chi connectivity index (χ1n) is 15.7. The van der Waals surface area contributed by atoms with Crippen LogP contribution in [0.1, 0.15) is 61.3 Å². The van der Waals surface area contributed by atoms with E-state index in [0.29, 0.717) is 50.8 Å². The van der Waals surface area contributed by atoms with Gasteiger partial charge in [-0.15, -0.1) is 0 Å². The Morgan fingerprint density at radius 1 is 0.787 bits per heavy atom. The Morgan fingerprint density at radius 2 is 1.57 bits per heavy atom. The monoisotopic (exact) mass is 628 g/mol. The van der Waals surface area contributed by atoms with Crippen molar-refractivity contribution in [1.82, 2.24) is 0 Å². The Morgan fingerprint density at radius 3 is 2.43 bits per heavy atom. The molecule has 236 valence electrons. The van der Waals surface area contributed by atoms with Crippen molar-refractivity contribution >= 4 is 17.0 Å². The van der Waals surface area contributed by atoms with Crippen LogP contribution in [0.3, 0.4) is 0 Å². The van der Waals surface area contributed by atoms with Gasteiger partial charge >= 0.3 is 0 Å². The highest BCUT2D eigenvalue weighted by Gasteiger charge is 2.62. The Labute approximate surface area is 270 Å². The Balaban J connectivity index is 1.32. The van der Waals surface area contributed by atoms with E-state index in [1.165, 1.54) is 0 Å². The number of phenolic OH excluding ortho intramolecular Hbond substituents is 4. The summed E-state index contributed by atoms with van der Waals surface area (Å²) in [6.45, 7) is 5.98. The molecule has 4 aliphatic rings. The summed E-state index contributed by atoms with van der Waals surface area (Å²) in [6.07, 6.45) is 6.67. The number of allylic oxidation sites excluding steroid dienone is 2. The third-order valence-electron chi connectivity index (χ3n) is 9.99. The number of furan rings is 1. The van der Waals surface area contributed by atoms with E-state index in [4.69, 9.17) is 18.6 Å². The summed E-state index contributed by atoms with van der Waals surface area (Å²) in [5.41, 5.74) is 4.29. The van der Waals surface area contributed by atoms with Crippen LogP contribution < -0.4 is 14.2 Å². The van der Waals surface area contributed by atoms with Crippen molar-refractivity contribution in [2.24, 2.45) is 5.92 Å². The second-order valence-electron chi connectivity index (χ2n) is 13.6. The minimum Gasteiger partial charge on any atom is -0.508 e. The van der Waals surface area contributed by atoms with Gasteiger partial charge in [0.15, 0.2) is 0 Å². The van der Waals surface area contributed by atoms with E-state index in [0.717, 1.165) is 22.9 Å². The molecule has 47 heavy (non-hydrogen) atoms. The van der Waals surface area contributed by atoms with Crippen LogP contribution in [-0.4, -0.2) is 26.0 Å². The molecule has 8 nitrogen and oxygen atoms in total. The third kappa shape index (κ3) is 4.00. The number of hydrogen-bond acceptors (Lipinski definition) is 8. The van der Waals surface area contributed by atoms with Crippen LogP contribution >= 0.6 is 0 Å². The van der Waals surface area contributed by atoms with Crippen LogP contribution in [0.4, 0.5) is 0 Å². The van der Waals surface area contributed by atoms with Gasteiger partial charge in [0.05, 0.1) is 17.0 Å². The average Bonchev–Trinajstić information content (AvgIpc) is 3.43. The van der Waals surface area contributed by atoms with Gasteiger partial charge in [0.2, 0.25) is 0 Å². The topological polar surface area (TPSA) is 122 Å². The van der Waals surface area contributed by atoms with Crippen molar-refractivity contribution in [2.75, 3.05) is 0 Å². The van der Waals surface area contributed by atoms with Gasteiger partial charge in [-0.2, -0.15) is 0 Å². The largest absolute Gasteiger partial charge is 0.508 e. The summed E-state index contributed by atoms with van der Waals surface area (Å²) in [7, 11) is 0. The quantitative estimate of drug-likeness (QED) is 0.144. The maximum atomic E-state index is 11.8. The van der Waals surface area contributed by atoms with Crippen molar-refractivity contribution in [3.8, 4) is 51.6 Å². The van der Waals surface area contributed by atoms with Crippen molar-refractivity contribution in [2.45, 2.75) is 50.4 Å². The molecule has 0 bridgehead atoms. The average molecular weight is 629 g/mol. The van der Waals surface area contributed by atoms with Gasteiger partial charge in [-0.25, -0.2) is 0 Å². The van der Waals surface area contributed by atoms with Gasteiger partial charge in [-0.3, -0.25) is 0 Å². The highest BCUT2D eigenvalue weighted by atomic mass is 16.7. The van der Waals surface area contributed by atoms with Crippen molar-refractivity contribution in [3.05, 3.63) is 107 Å². The smallest absolute Gasteiger partial charge is 0.285 e. The Kier molecular flexibility index (Phi) is 5.49. The van der Waals surface area contributed by atoms with Crippen molar-refractivity contribution in [3.63, 3.8) is 0 Å². The minimum atomic E-state index is -1.48. The highest BCUT2D eigenvalue weighted by Crippen LogP contribution is 2.66. The fourth-order valence-electron chi connectivity index (χ4n) is 8.01. The zero-order chi connectivity index (χ0) is 32.4. The molecule has 3 aliphatic heterocycles. The summed E-state index contributed by atoms with van der Waals surface area (Å²) in [4.78, 5) is 0. The van der Waals surface area contributed by atoms with E-state index in [9.17, 15) is 20.4 Å². The summed E-state index contributed by atoms with van der Waals surface area (Å²) < 4.78 is 26.8. The lowest BCUT2D eigenvalue weighted by Crippen LogP contribution is -2.56. The maximum absolute atomic E-state index is 11.8. The van der Waals surface area contributed by atoms with Crippen LogP contribution in [0, 0.1) is 5.92 Å². The number of rotatable bonds is 2. The summed E-state index contributed by atoms with van der Waals surface area (Å²) >= 11 is 0. The van der Waals surface area contributed by atoms with Crippen LogP contribution in [-0.2, 0) is 5.79 Å². The molecular weight excluding hydrogens is 596 g/mol. The summed E-state index contributed by atoms with van der Waals surface area (Å²) in [5.74, 6) is -0.115. The van der Waals surface area contributed by atoms with E-state index in [1.807, 2.05) is 44.2 Å². The standard InChI is InChI=1S/C39H32O8/c1-19-12-26-24-7-6-23(41)18-33(24)45-39(28-8-9-29(42)25-10-11-38(2,3)47-37(25)28)36(26)27(13-19)35-30(43)14-21(16-34(35)46-39)31-15-20-4-5-22(40)17-32(20)44-31/h4-11,13-18,26-27,36,40-43H,12H2,1-3H3/t26-,27-,36-,39-/m0/s1. The molecule has 0 unspecified atom stereocenters. The van der Waals surface area contributed by atoms with Crippen molar-refractivity contribution in [1.29, 1.82) is 0 Å². The second-order valence-corrected chi connectivity index (χ2v) is 13.6. The van der Waals surface area contributed by atoms with Gasteiger partial charge in [-0.1, -0.05) is 17.7 Å². The Hall–Kier alpha value is -5.50. The van der Waals surface area contributed by atoms with Gasteiger partial charge in [0.1, 0.15) is 57.2 Å². The van der Waals surface area contributed by atoms with Crippen molar-refractivity contribution < 1.29 is 39.1 Å². The van der Waals surface area contributed by atoms with E-state index in [2.05, 4.69) is 13.0 Å². The van der Waals surface area contributed by atoms with Gasteiger partial charge < -0.3 is 39.1 Å². The van der Waals surface area contributed by atoms with E-state index < -0.39 is 11.4 Å². The van der Waals surface area contributed by atoms with E-state index in [1.54, 1.807) is 48.5 Å². The molecular formula is C39H32O8. The molecule has 4 atom stereocenters. The molecule has 0 spiro atoms. The Bertz CT molecular complexity index is 2220. The number of phenols is 4. The first-order chi connectivity index (χ1) is 22.5. The predicted molar refractivity (Wildman–Crippen MR) is 175 cm³/mol. The number of benzene rings is 4. The van der Waals surface area contributed by atoms with Gasteiger partial charge in [0.25, 0.3) is 5.79 Å². The molecule has 9 rings (SSSR count). The molecule has 1 aliphatic carbocycles. The molecule has 4 aromatic carbocycles. The molecule has 8 heteroatoms. The summed E-state index contributed by atoms with van der Waals surface area (Å²) in [5, 5.41) is 44.1. The van der Waals surface area contributed by atoms with Gasteiger partial charge in [0, 0.05) is 40.5 Å². The maximum Gasteiger partial charge on any atom is 0.285 e. The molecule has 4 heterocycles. The SMILES string of the molecule is CC1=C[C@H]2c3c(O)cc(-c4cc5ccc(O)cc5o4)cc3O[C@]3(c4ccc(O)c5c4OC(C)(C)C=C5)Oc4cc(O)ccc4[C@H](C1)[C@@H]23. The number of ether oxygens (including phenoxy) is 3. The van der Waals surface area contributed by atoms with Gasteiger partial charge in [-0.05, 0) is 93.4 Å². The summed E-state index contributed by atoms with van der Waals surface area (Å²) in [6, 6.07) is 18.9. The lowest BCUT2D eigenvalue weighted by molar-refractivity contribution is -0.198. The molecule has 0 radical (unpaired) electrons. The first kappa shape index (κ1) is 27.8. The molecule has 0 amide bonds. The van der Waals surface area contributed by atoms with E-state index in [-0.39, 0.29) is 40.8 Å². The molecule has 5 aromatic rings. The molecule has 0 fully saturated rings. The van der Waals surface area contributed by atoms with E-state index >= 15 is 0 Å². The highest BCUT2D eigenvalue weighted by molar-refractivity contribution is 5.84. The first-order valence-corrected chi connectivity index (χ1v) is 15.7. The number of hydrogen-bond donors (Lipinski definition) is 4. The molecule has 0 saturated carbocycles.